The molecule has 0 N–H and O–H groups in total. The zero-order chi connectivity index (χ0) is 15.2. The summed E-state index contributed by atoms with van der Waals surface area (Å²) in [6, 6.07) is 5.54. The van der Waals surface area contributed by atoms with Crippen LogP contribution in [0, 0.1) is 11.3 Å². The normalized spacial score (nSPS) is 17.3. The van der Waals surface area contributed by atoms with Crippen molar-refractivity contribution in [1.82, 2.24) is 14.8 Å². The van der Waals surface area contributed by atoms with Crippen LogP contribution in [0.2, 0.25) is 5.02 Å². The molecule has 1 fully saturated rings. The molecule has 0 spiro atoms. The van der Waals surface area contributed by atoms with Gasteiger partial charge < -0.3 is 4.90 Å². The standard InChI is InChI=1S/C15H19ClN4O/c1-2-3-13(11-17)19-6-8-20(9-7-19)15(21)14-10-12(16)4-5-18-14/h4-5,10,13H,2-3,6-9H2,1H3. The lowest BCUT2D eigenvalue weighted by Crippen LogP contribution is -2.51. The average molecular weight is 307 g/mol. The number of piperazine rings is 1. The fraction of sp³-hybridized carbons (Fsp3) is 0.533. The van der Waals surface area contributed by atoms with Crippen molar-refractivity contribution in [3.8, 4) is 6.07 Å². The number of nitriles is 1. The third-order valence-electron chi connectivity index (χ3n) is 3.69. The number of carbonyl (C=O) groups is 1. The van der Waals surface area contributed by atoms with Gasteiger partial charge in [-0.1, -0.05) is 24.9 Å². The zero-order valence-corrected chi connectivity index (χ0v) is 12.9. The van der Waals surface area contributed by atoms with Crippen molar-refractivity contribution in [3.05, 3.63) is 29.0 Å². The van der Waals surface area contributed by atoms with E-state index < -0.39 is 0 Å². The highest BCUT2D eigenvalue weighted by molar-refractivity contribution is 6.30. The predicted octanol–water partition coefficient (Wildman–Crippen LogP) is 2.19. The minimum absolute atomic E-state index is 0.0449. The van der Waals surface area contributed by atoms with Crippen LogP contribution in [0.4, 0.5) is 0 Å². The van der Waals surface area contributed by atoms with E-state index in [2.05, 4.69) is 22.9 Å². The Morgan fingerprint density at radius 1 is 1.48 bits per heavy atom. The predicted molar refractivity (Wildman–Crippen MR) is 81.0 cm³/mol. The summed E-state index contributed by atoms with van der Waals surface area (Å²) in [5.74, 6) is -0.0962. The Hall–Kier alpha value is -1.64. The highest BCUT2D eigenvalue weighted by Gasteiger charge is 2.26. The zero-order valence-electron chi connectivity index (χ0n) is 12.1. The number of hydrogen-bond donors (Lipinski definition) is 0. The number of pyridine rings is 1. The Labute approximate surface area is 130 Å². The van der Waals surface area contributed by atoms with Crippen LogP contribution in [0.3, 0.4) is 0 Å². The molecule has 112 valence electrons. The molecule has 5 nitrogen and oxygen atoms in total. The van der Waals surface area contributed by atoms with Crippen LogP contribution in [0.15, 0.2) is 18.3 Å². The molecular formula is C15H19ClN4O. The minimum atomic E-state index is -0.0962. The summed E-state index contributed by atoms with van der Waals surface area (Å²) in [6.45, 7) is 4.77. The Morgan fingerprint density at radius 3 is 2.76 bits per heavy atom. The number of nitrogens with zero attached hydrogens (tertiary/aromatic N) is 4. The molecule has 0 bridgehead atoms. The summed E-state index contributed by atoms with van der Waals surface area (Å²) in [5.41, 5.74) is 0.376. The van der Waals surface area contributed by atoms with Crippen LogP contribution in [-0.4, -0.2) is 52.9 Å². The van der Waals surface area contributed by atoms with E-state index in [1.165, 1.54) is 0 Å². The van der Waals surface area contributed by atoms with Gasteiger partial charge in [-0.15, -0.1) is 0 Å². The van der Waals surface area contributed by atoms with Gasteiger partial charge in [0.1, 0.15) is 5.69 Å². The molecule has 1 aliphatic rings. The Morgan fingerprint density at radius 2 is 2.19 bits per heavy atom. The number of amides is 1. The number of aromatic nitrogens is 1. The van der Waals surface area contributed by atoms with Crippen molar-refractivity contribution in [3.63, 3.8) is 0 Å². The number of halogens is 1. The summed E-state index contributed by atoms with van der Waals surface area (Å²) in [7, 11) is 0. The highest BCUT2D eigenvalue weighted by Crippen LogP contribution is 2.14. The van der Waals surface area contributed by atoms with Crippen molar-refractivity contribution in [2.75, 3.05) is 26.2 Å². The maximum Gasteiger partial charge on any atom is 0.272 e. The van der Waals surface area contributed by atoms with E-state index in [4.69, 9.17) is 11.6 Å². The lowest BCUT2D eigenvalue weighted by atomic mass is 10.1. The molecule has 0 aromatic carbocycles. The molecule has 1 unspecified atom stereocenters. The van der Waals surface area contributed by atoms with Gasteiger partial charge >= 0.3 is 0 Å². The third-order valence-corrected chi connectivity index (χ3v) is 3.93. The van der Waals surface area contributed by atoms with Gasteiger partial charge in [0.2, 0.25) is 0 Å². The maximum absolute atomic E-state index is 12.3. The van der Waals surface area contributed by atoms with E-state index in [9.17, 15) is 10.1 Å². The molecule has 1 atom stereocenters. The van der Waals surface area contributed by atoms with Crippen LogP contribution >= 0.6 is 11.6 Å². The second kappa shape index (κ2) is 7.39. The molecule has 6 heteroatoms. The Bertz CT molecular complexity index is 535. The summed E-state index contributed by atoms with van der Waals surface area (Å²) in [4.78, 5) is 20.3. The van der Waals surface area contributed by atoms with Gasteiger partial charge in [0.15, 0.2) is 0 Å². The molecule has 1 amide bonds. The largest absolute Gasteiger partial charge is 0.335 e. The first-order valence-corrected chi connectivity index (χ1v) is 7.58. The Kier molecular flexibility index (Phi) is 5.54. The molecule has 0 saturated carbocycles. The fourth-order valence-electron chi connectivity index (χ4n) is 2.52. The van der Waals surface area contributed by atoms with E-state index in [1.54, 1.807) is 23.2 Å². The summed E-state index contributed by atoms with van der Waals surface area (Å²) in [6.07, 6.45) is 3.41. The van der Waals surface area contributed by atoms with E-state index in [0.717, 1.165) is 25.9 Å². The fourth-order valence-corrected chi connectivity index (χ4v) is 2.68. The molecule has 21 heavy (non-hydrogen) atoms. The molecule has 0 radical (unpaired) electrons. The summed E-state index contributed by atoms with van der Waals surface area (Å²) in [5, 5.41) is 9.71. The lowest BCUT2D eigenvalue weighted by molar-refractivity contribution is 0.0595. The van der Waals surface area contributed by atoms with Crippen molar-refractivity contribution in [1.29, 1.82) is 5.26 Å². The van der Waals surface area contributed by atoms with E-state index in [-0.39, 0.29) is 11.9 Å². The van der Waals surface area contributed by atoms with Crippen LogP contribution < -0.4 is 0 Å². The first-order chi connectivity index (χ1) is 10.2. The van der Waals surface area contributed by atoms with Crippen molar-refractivity contribution >= 4 is 17.5 Å². The number of hydrogen-bond acceptors (Lipinski definition) is 4. The van der Waals surface area contributed by atoms with Crippen LogP contribution in [0.25, 0.3) is 0 Å². The molecule has 1 aliphatic heterocycles. The summed E-state index contributed by atoms with van der Waals surface area (Å²) >= 11 is 5.89. The third kappa shape index (κ3) is 3.93. The maximum atomic E-state index is 12.3. The van der Waals surface area contributed by atoms with Gasteiger partial charge in [-0.25, -0.2) is 0 Å². The molecule has 2 rings (SSSR count). The quantitative estimate of drug-likeness (QED) is 0.855. The van der Waals surface area contributed by atoms with Crippen LogP contribution in [0.1, 0.15) is 30.3 Å². The van der Waals surface area contributed by atoms with Gasteiger partial charge in [0, 0.05) is 37.4 Å². The van der Waals surface area contributed by atoms with E-state index >= 15 is 0 Å². The number of rotatable bonds is 4. The topological polar surface area (TPSA) is 60.2 Å². The molecule has 1 saturated heterocycles. The second-order valence-electron chi connectivity index (χ2n) is 5.12. The van der Waals surface area contributed by atoms with Gasteiger partial charge in [0.25, 0.3) is 5.91 Å². The van der Waals surface area contributed by atoms with Crippen LogP contribution in [0.5, 0.6) is 0 Å². The first-order valence-electron chi connectivity index (χ1n) is 7.20. The van der Waals surface area contributed by atoms with Gasteiger partial charge in [-0.05, 0) is 18.6 Å². The van der Waals surface area contributed by atoms with Crippen molar-refractivity contribution < 1.29 is 4.79 Å². The average Bonchev–Trinajstić information content (AvgIpc) is 2.52. The molecule has 0 aliphatic carbocycles. The van der Waals surface area contributed by atoms with E-state index in [0.29, 0.717) is 23.8 Å². The monoisotopic (exact) mass is 306 g/mol. The first kappa shape index (κ1) is 15.7. The highest BCUT2D eigenvalue weighted by atomic mass is 35.5. The lowest BCUT2D eigenvalue weighted by Gasteiger charge is -2.36. The smallest absolute Gasteiger partial charge is 0.272 e. The van der Waals surface area contributed by atoms with Gasteiger partial charge in [-0.2, -0.15) is 5.26 Å². The minimum Gasteiger partial charge on any atom is -0.335 e. The molecule has 2 heterocycles. The molecule has 1 aromatic heterocycles. The SMILES string of the molecule is CCCC(C#N)N1CCN(C(=O)c2cc(Cl)ccn2)CC1. The second-order valence-corrected chi connectivity index (χ2v) is 5.56. The van der Waals surface area contributed by atoms with Crippen LogP contribution in [-0.2, 0) is 0 Å². The Balaban J connectivity index is 1.95. The van der Waals surface area contributed by atoms with Gasteiger partial charge in [-0.3, -0.25) is 14.7 Å². The van der Waals surface area contributed by atoms with Crippen molar-refractivity contribution in [2.24, 2.45) is 0 Å². The van der Waals surface area contributed by atoms with E-state index in [1.807, 2.05) is 0 Å². The van der Waals surface area contributed by atoms with Crippen molar-refractivity contribution in [2.45, 2.75) is 25.8 Å². The van der Waals surface area contributed by atoms with Gasteiger partial charge in [0.05, 0.1) is 12.1 Å². The number of carbonyl (C=O) groups excluding carboxylic acids is 1. The summed E-state index contributed by atoms with van der Waals surface area (Å²) < 4.78 is 0. The molecule has 1 aromatic rings. The molecular weight excluding hydrogens is 288 g/mol.